The van der Waals surface area contributed by atoms with Gasteiger partial charge in [0.15, 0.2) is 5.75 Å². The van der Waals surface area contributed by atoms with Gasteiger partial charge in [-0.25, -0.2) is 0 Å². The fraction of sp³-hybridized carbons (Fsp3) is 0.355. The summed E-state index contributed by atoms with van der Waals surface area (Å²) in [5.41, 5.74) is 8.70. The van der Waals surface area contributed by atoms with Crippen LogP contribution in [0, 0.1) is 12.8 Å². The van der Waals surface area contributed by atoms with E-state index in [9.17, 15) is 9.59 Å². The molecule has 0 heterocycles. The molecular weight excluding hydrogens is 647 g/mol. The number of nitrogens with one attached hydrogen (secondary N) is 1. The summed E-state index contributed by atoms with van der Waals surface area (Å²) in [6, 6.07) is 16.6. The van der Waals surface area contributed by atoms with Crippen molar-refractivity contribution >= 4 is 51.0 Å². The van der Waals surface area contributed by atoms with Crippen molar-refractivity contribution in [1.82, 2.24) is 5.32 Å². The highest BCUT2D eigenvalue weighted by Gasteiger charge is 2.18. The van der Waals surface area contributed by atoms with Gasteiger partial charge in [0.25, 0.3) is 0 Å². The predicted molar refractivity (Wildman–Crippen MR) is 168 cm³/mol. The second-order valence-corrected chi connectivity index (χ2v) is 11.0. The summed E-state index contributed by atoms with van der Waals surface area (Å²) in [7, 11) is 0. The molecule has 0 saturated heterocycles. The molecule has 0 aliphatic rings. The molecule has 3 rings (SSSR count). The average molecular weight is 682 g/mol. The SMILES string of the molecule is CCOC(=O)CCOc1cccc(CNC(=O)C(CN)Cc2ccc(OCCOc3c(Cl)cc(C)cc3Cl)cc2)c1Br. The van der Waals surface area contributed by atoms with Gasteiger partial charge in [0.1, 0.15) is 24.7 Å². The van der Waals surface area contributed by atoms with Crippen molar-refractivity contribution in [3.05, 3.63) is 85.8 Å². The third-order valence-electron chi connectivity index (χ3n) is 6.17. The van der Waals surface area contributed by atoms with Gasteiger partial charge in [-0.05, 0) is 83.2 Å². The number of carbonyl (C=O) groups excluding carboxylic acids is 2. The highest BCUT2D eigenvalue weighted by atomic mass is 79.9. The van der Waals surface area contributed by atoms with Gasteiger partial charge in [-0.15, -0.1) is 0 Å². The van der Waals surface area contributed by atoms with Crippen LogP contribution in [0.5, 0.6) is 17.2 Å². The summed E-state index contributed by atoms with van der Waals surface area (Å²) in [4.78, 5) is 24.5. The summed E-state index contributed by atoms with van der Waals surface area (Å²) >= 11 is 16.0. The summed E-state index contributed by atoms with van der Waals surface area (Å²) in [5, 5.41) is 3.88. The Hall–Kier alpha value is -2.98. The van der Waals surface area contributed by atoms with Crippen LogP contribution in [0.4, 0.5) is 0 Å². The van der Waals surface area contributed by atoms with E-state index in [0.717, 1.165) is 16.7 Å². The Morgan fingerprint density at radius 3 is 2.33 bits per heavy atom. The maximum absolute atomic E-state index is 12.9. The second-order valence-electron chi connectivity index (χ2n) is 9.39. The number of esters is 1. The largest absolute Gasteiger partial charge is 0.492 e. The number of halogens is 3. The van der Waals surface area contributed by atoms with E-state index >= 15 is 0 Å². The molecular formula is C31H35BrCl2N2O6. The predicted octanol–water partition coefficient (Wildman–Crippen LogP) is 6.29. The molecule has 3 aromatic carbocycles. The van der Waals surface area contributed by atoms with Gasteiger partial charge in [0.2, 0.25) is 5.91 Å². The highest BCUT2D eigenvalue weighted by molar-refractivity contribution is 9.10. The highest BCUT2D eigenvalue weighted by Crippen LogP contribution is 2.34. The normalized spacial score (nSPS) is 11.5. The molecule has 0 fully saturated rings. The monoisotopic (exact) mass is 680 g/mol. The molecule has 0 saturated carbocycles. The first-order valence-corrected chi connectivity index (χ1v) is 15.1. The van der Waals surface area contributed by atoms with Crippen LogP contribution in [-0.2, 0) is 27.3 Å². The molecule has 1 atom stereocenters. The minimum atomic E-state index is -0.406. The standard InChI is InChI=1S/C31H35BrCl2N2O6/c1-3-39-28(37)11-12-41-27-6-4-5-22(29(27)32)19-36-31(38)23(18-35)17-21-7-9-24(10-8-21)40-13-14-42-30-25(33)15-20(2)16-26(30)34/h4-10,15-16,23H,3,11-14,17-19,35H2,1-2H3,(H,36,38). The van der Waals surface area contributed by atoms with Crippen molar-refractivity contribution < 1.29 is 28.5 Å². The molecule has 3 N–H and O–H groups in total. The molecule has 1 amide bonds. The number of amides is 1. The van der Waals surface area contributed by atoms with Crippen molar-refractivity contribution in [2.24, 2.45) is 11.7 Å². The maximum atomic E-state index is 12.9. The van der Waals surface area contributed by atoms with Crippen LogP contribution in [-0.4, -0.2) is 44.8 Å². The quantitative estimate of drug-likeness (QED) is 0.135. The molecule has 11 heteroatoms. The van der Waals surface area contributed by atoms with Gasteiger partial charge in [0.05, 0.1) is 40.1 Å². The van der Waals surface area contributed by atoms with Crippen molar-refractivity contribution in [1.29, 1.82) is 0 Å². The van der Waals surface area contributed by atoms with Crippen LogP contribution in [0.25, 0.3) is 0 Å². The lowest BCUT2D eigenvalue weighted by atomic mass is 9.98. The van der Waals surface area contributed by atoms with Gasteiger partial charge >= 0.3 is 5.97 Å². The molecule has 0 bridgehead atoms. The number of ether oxygens (including phenoxy) is 4. The molecule has 1 unspecified atom stereocenters. The fourth-order valence-electron chi connectivity index (χ4n) is 4.03. The Kier molecular flexibility index (Phi) is 13.7. The number of hydrogen-bond acceptors (Lipinski definition) is 7. The molecule has 0 aliphatic heterocycles. The third-order valence-corrected chi connectivity index (χ3v) is 7.63. The number of aryl methyl sites for hydroxylation is 1. The van der Waals surface area contributed by atoms with Crippen LogP contribution in [0.3, 0.4) is 0 Å². The van der Waals surface area contributed by atoms with E-state index in [0.29, 0.717) is 57.9 Å². The van der Waals surface area contributed by atoms with Gasteiger partial charge in [-0.1, -0.05) is 47.5 Å². The Morgan fingerprint density at radius 1 is 0.976 bits per heavy atom. The molecule has 226 valence electrons. The van der Waals surface area contributed by atoms with Crippen molar-refractivity contribution in [2.75, 3.05) is 33.0 Å². The van der Waals surface area contributed by atoms with Crippen LogP contribution in [0.2, 0.25) is 10.0 Å². The smallest absolute Gasteiger partial charge is 0.309 e. The summed E-state index contributed by atoms with van der Waals surface area (Å²) in [5.74, 6) is 0.825. The van der Waals surface area contributed by atoms with E-state index in [1.807, 2.05) is 43.3 Å². The molecule has 42 heavy (non-hydrogen) atoms. The molecule has 0 radical (unpaired) electrons. The minimum Gasteiger partial charge on any atom is -0.492 e. The van der Waals surface area contributed by atoms with Crippen LogP contribution in [0.1, 0.15) is 30.0 Å². The van der Waals surface area contributed by atoms with Gasteiger partial charge < -0.3 is 30.0 Å². The summed E-state index contributed by atoms with van der Waals surface area (Å²) in [6.07, 6.45) is 0.633. The topological polar surface area (TPSA) is 109 Å². The van der Waals surface area contributed by atoms with Crippen LogP contribution in [0.15, 0.2) is 59.1 Å². The fourth-order valence-corrected chi connectivity index (χ4v) is 5.25. The van der Waals surface area contributed by atoms with Crippen LogP contribution < -0.4 is 25.3 Å². The lowest BCUT2D eigenvalue weighted by molar-refractivity contribution is -0.143. The maximum Gasteiger partial charge on any atom is 0.309 e. The summed E-state index contributed by atoms with van der Waals surface area (Å²) in [6.45, 7) is 5.26. The number of hydrogen-bond donors (Lipinski definition) is 2. The average Bonchev–Trinajstić information content (AvgIpc) is 2.96. The van der Waals surface area contributed by atoms with E-state index in [1.165, 1.54) is 0 Å². The first kappa shape index (κ1) is 33.5. The Bertz CT molecular complexity index is 1320. The number of benzene rings is 3. The van der Waals surface area contributed by atoms with Gasteiger partial charge in [0, 0.05) is 13.1 Å². The number of rotatable bonds is 16. The van der Waals surface area contributed by atoms with Gasteiger partial charge in [-0.3, -0.25) is 9.59 Å². The van der Waals surface area contributed by atoms with E-state index in [1.54, 1.807) is 25.1 Å². The lowest BCUT2D eigenvalue weighted by Crippen LogP contribution is -2.36. The van der Waals surface area contributed by atoms with Crippen molar-refractivity contribution in [3.8, 4) is 17.2 Å². The number of carbonyl (C=O) groups is 2. The Morgan fingerprint density at radius 2 is 1.67 bits per heavy atom. The van der Waals surface area contributed by atoms with E-state index in [2.05, 4.69) is 21.2 Å². The Balaban J connectivity index is 1.45. The first-order chi connectivity index (χ1) is 20.2. The van der Waals surface area contributed by atoms with Gasteiger partial charge in [-0.2, -0.15) is 0 Å². The molecule has 0 spiro atoms. The second kappa shape index (κ2) is 17.2. The third kappa shape index (κ3) is 10.4. The molecule has 3 aromatic rings. The molecule has 0 aliphatic carbocycles. The molecule has 0 aromatic heterocycles. The molecule has 8 nitrogen and oxygen atoms in total. The summed E-state index contributed by atoms with van der Waals surface area (Å²) < 4.78 is 22.8. The van der Waals surface area contributed by atoms with Crippen LogP contribution >= 0.6 is 39.1 Å². The van der Waals surface area contributed by atoms with E-state index < -0.39 is 5.92 Å². The minimum absolute atomic E-state index is 0.149. The first-order valence-electron chi connectivity index (χ1n) is 13.6. The number of nitrogens with two attached hydrogens (primary N) is 1. The van der Waals surface area contributed by atoms with Crippen molar-refractivity contribution in [2.45, 2.75) is 33.2 Å². The van der Waals surface area contributed by atoms with E-state index in [-0.39, 0.29) is 38.1 Å². The van der Waals surface area contributed by atoms with E-state index in [4.69, 9.17) is 47.9 Å². The zero-order valence-electron chi connectivity index (χ0n) is 23.6. The van der Waals surface area contributed by atoms with Crippen molar-refractivity contribution in [3.63, 3.8) is 0 Å². The lowest BCUT2D eigenvalue weighted by Gasteiger charge is -2.17. The zero-order valence-corrected chi connectivity index (χ0v) is 26.7. The Labute approximate surface area is 264 Å². The zero-order chi connectivity index (χ0) is 30.5.